The summed E-state index contributed by atoms with van der Waals surface area (Å²) in [5, 5.41) is 8.92. The molecule has 0 heterocycles. The van der Waals surface area contributed by atoms with Crippen LogP contribution in [-0.4, -0.2) is 60.5 Å². The molecule has 0 aliphatic rings. The smallest absolute Gasteiger partial charge is 0.472 e. The van der Waals surface area contributed by atoms with Crippen LogP contribution in [0.1, 0.15) is 226 Å². The molecule has 362 valence electrons. The van der Waals surface area contributed by atoms with Crippen molar-refractivity contribution < 1.29 is 42.7 Å². The van der Waals surface area contributed by atoms with Gasteiger partial charge in [-0.15, -0.1) is 0 Å². The number of hydrogen-bond acceptors (Lipinski definition) is 8. The van der Waals surface area contributed by atoms with Crippen LogP contribution in [0.4, 0.5) is 0 Å². The molecule has 0 aromatic carbocycles. The predicted octanol–water partition coefficient (Wildman–Crippen LogP) is 14.6. The lowest BCUT2D eigenvalue weighted by Gasteiger charge is -2.20. The molecule has 0 radical (unpaired) electrons. The summed E-state index contributed by atoms with van der Waals surface area (Å²) in [7, 11) is -4.63. The Bertz CT molecular complexity index is 1170. The number of phosphoric acid groups is 1. The van der Waals surface area contributed by atoms with Gasteiger partial charge >= 0.3 is 19.8 Å². The van der Waals surface area contributed by atoms with Gasteiger partial charge in [-0.2, -0.15) is 0 Å². The van der Waals surface area contributed by atoms with E-state index in [1.165, 1.54) is 128 Å². The highest BCUT2D eigenvalue weighted by Crippen LogP contribution is 2.43. The maximum Gasteiger partial charge on any atom is 0.472 e. The number of carboxylic acids is 1. The fourth-order valence-electron chi connectivity index (χ4n) is 7.01. The summed E-state index contributed by atoms with van der Waals surface area (Å²) in [5.74, 6) is -1.80. The molecule has 0 rings (SSSR count). The number of ether oxygens (including phenoxy) is 2. The Morgan fingerprint density at radius 1 is 0.532 bits per heavy atom. The zero-order chi connectivity index (χ0) is 45.5. The van der Waals surface area contributed by atoms with Gasteiger partial charge < -0.3 is 25.2 Å². The van der Waals surface area contributed by atoms with Gasteiger partial charge in [0.15, 0.2) is 0 Å². The average molecular weight is 896 g/mol. The summed E-state index contributed by atoms with van der Waals surface area (Å²) in [4.78, 5) is 33.6. The molecular weight excluding hydrogens is 802 g/mol. The molecule has 4 N–H and O–H groups in total. The molecular formula is C51H94NO9P. The third-order valence-electron chi connectivity index (χ3n) is 10.9. The highest BCUT2D eigenvalue weighted by Gasteiger charge is 2.27. The number of esters is 1. The molecule has 0 aliphatic carbocycles. The van der Waals surface area contributed by atoms with Gasteiger partial charge in [-0.3, -0.25) is 18.6 Å². The van der Waals surface area contributed by atoms with E-state index in [0.29, 0.717) is 13.0 Å². The van der Waals surface area contributed by atoms with Gasteiger partial charge in [0.25, 0.3) is 0 Å². The Kier molecular flexibility index (Phi) is 45.3. The minimum Gasteiger partial charge on any atom is -0.480 e. The Morgan fingerprint density at radius 3 is 1.40 bits per heavy atom. The van der Waals surface area contributed by atoms with Gasteiger partial charge in [-0.1, -0.05) is 217 Å². The quantitative estimate of drug-likeness (QED) is 0.0233. The van der Waals surface area contributed by atoms with Crippen molar-refractivity contribution in [1.29, 1.82) is 0 Å². The van der Waals surface area contributed by atoms with Gasteiger partial charge in [0.05, 0.1) is 19.8 Å². The summed E-state index contributed by atoms with van der Waals surface area (Å²) in [6.07, 6.45) is 56.0. The highest BCUT2D eigenvalue weighted by atomic mass is 31.2. The molecule has 0 fully saturated rings. The number of nitrogens with two attached hydrogens (primary N) is 1. The largest absolute Gasteiger partial charge is 0.480 e. The zero-order valence-corrected chi connectivity index (χ0v) is 40.6. The van der Waals surface area contributed by atoms with Crippen molar-refractivity contribution >= 4 is 19.8 Å². The maximum atomic E-state index is 12.7. The number of carboxylic acid groups (broad SMARTS) is 1. The van der Waals surface area contributed by atoms with Crippen LogP contribution in [-0.2, 0) is 32.7 Å². The number of aliphatic carboxylic acids is 1. The van der Waals surface area contributed by atoms with E-state index in [4.69, 9.17) is 29.4 Å². The van der Waals surface area contributed by atoms with Crippen molar-refractivity contribution in [3.63, 3.8) is 0 Å². The number of carbonyl (C=O) groups is 2. The van der Waals surface area contributed by atoms with Crippen LogP contribution in [0.3, 0.4) is 0 Å². The van der Waals surface area contributed by atoms with Crippen LogP contribution < -0.4 is 5.73 Å². The number of phosphoric ester groups is 1. The molecule has 62 heavy (non-hydrogen) atoms. The number of allylic oxidation sites excluding steroid dienone is 8. The summed E-state index contributed by atoms with van der Waals surface area (Å²) < 4.78 is 33.5. The Labute approximate surface area is 379 Å². The standard InChI is InChI=1S/C51H94NO9P/c1-3-5-7-9-11-13-15-17-19-21-22-23-24-25-26-28-30-32-34-36-38-40-42-44-58-45-48(46-59-62(56,57)60-47-49(52)51(54)55)61-50(53)43-41-39-37-35-33-31-29-27-20-18-16-14-12-10-8-6-4-2/h6,8,12,14,18,20,29,31,48-49H,3-5,7,9-11,13,15-17,19,21-28,30,32-47,52H2,1-2H3,(H,54,55)(H,56,57)/b8-6-,14-12-,20-18-,31-29-. The van der Waals surface area contributed by atoms with Crippen LogP contribution in [0.5, 0.6) is 0 Å². The number of carbonyl (C=O) groups excluding carboxylic acids is 1. The average Bonchev–Trinajstić information content (AvgIpc) is 3.25. The molecule has 0 aromatic rings. The van der Waals surface area contributed by atoms with Gasteiger partial charge in [0, 0.05) is 13.0 Å². The van der Waals surface area contributed by atoms with Gasteiger partial charge in [-0.05, 0) is 51.4 Å². The maximum absolute atomic E-state index is 12.7. The second-order valence-corrected chi connectivity index (χ2v) is 18.4. The van der Waals surface area contributed by atoms with Gasteiger partial charge in [-0.25, -0.2) is 4.57 Å². The first-order valence-corrected chi connectivity index (χ1v) is 26.7. The molecule has 10 nitrogen and oxygen atoms in total. The lowest BCUT2D eigenvalue weighted by atomic mass is 10.0. The topological polar surface area (TPSA) is 155 Å². The second-order valence-electron chi connectivity index (χ2n) is 16.9. The molecule has 0 aromatic heterocycles. The van der Waals surface area contributed by atoms with E-state index in [-0.39, 0.29) is 13.0 Å². The normalized spacial score (nSPS) is 14.1. The molecule has 0 aliphatic heterocycles. The molecule has 0 spiro atoms. The fraction of sp³-hybridized carbons (Fsp3) is 0.804. The van der Waals surface area contributed by atoms with E-state index in [0.717, 1.165) is 70.6 Å². The van der Waals surface area contributed by atoms with Crippen molar-refractivity contribution in [3.05, 3.63) is 48.6 Å². The molecule has 0 saturated carbocycles. The van der Waals surface area contributed by atoms with Crippen LogP contribution in [0.15, 0.2) is 48.6 Å². The summed E-state index contributed by atoms with van der Waals surface area (Å²) in [6, 6.07) is -1.48. The third-order valence-corrected chi connectivity index (χ3v) is 11.8. The summed E-state index contributed by atoms with van der Waals surface area (Å²) in [5.41, 5.74) is 5.37. The number of rotatable bonds is 48. The lowest BCUT2D eigenvalue weighted by Crippen LogP contribution is -2.34. The van der Waals surface area contributed by atoms with Crippen LogP contribution >= 0.6 is 7.82 Å². The van der Waals surface area contributed by atoms with Gasteiger partial charge in [0.1, 0.15) is 12.1 Å². The monoisotopic (exact) mass is 896 g/mol. The molecule has 3 unspecified atom stereocenters. The third kappa shape index (κ3) is 45.9. The molecule has 3 atom stereocenters. The van der Waals surface area contributed by atoms with Gasteiger partial charge in [0.2, 0.25) is 0 Å². The molecule has 0 saturated heterocycles. The lowest BCUT2D eigenvalue weighted by molar-refractivity contribution is -0.154. The second kappa shape index (κ2) is 46.9. The number of hydrogen-bond donors (Lipinski definition) is 3. The Hall–Kier alpha value is -2.07. The fourth-order valence-corrected chi connectivity index (χ4v) is 7.79. The van der Waals surface area contributed by atoms with Crippen molar-refractivity contribution in [2.24, 2.45) is 5.73 Å². The van der Waals surface area contributed by atoms with E-state index in [1.807, 2.05) is 0 Å². The Balaban J connectivity index is 4.13. The SMILES string of the molecule is CC/C=C\C/C=C\C/C=C\C/C=C\CCCCCCC(=O)OC(COCCCCCCCCCCCCCCCCCCCCCCCCC)COP(=O)(O)OCC(N)C(=O)O. The first-order chi connectivity index (χ1) is 30.2. The van der Waals surface area contributed by atoms with Crippen molar-refractivity contribution in [1.82, 2.24) is 0 Å². The first kappa shape index (κ1) is 59.9. The van der Waals surface area contributed by atoms with Crippen molar-refractivity contribution in [2.75, 3.05) is 26.4 Å². The van der Waals surface area contributed by atoms with Crippen LogP contribution in [0, 0.1) is 0 Å². The zero-order valence-electron chi connectivity index (χ0n) is 39.7. The minimum absolute atomic E-state index is 0.00849. The minimum atomic E-state index is -4.63. The molecule has 11 heteroatoms. The molecule has 0 amide bonds. The Morgan fingerprint density at radius 2 is 0.935 bits per heavy atom. The van der Waals surface area contributed by atoms with E-state index < -0.39 is 45.1 Å². The van der Waals surface area contributed by atoms with Crippen molar-refractivity contribution in [3.8, 4) is 0 Å². The van der Waals surface area contributed by atoms with E-state index in [1.54, 1.807) is 0 Å². The predicted molar refractivity (Wildman–Crippen MR) is 258 cm³/mol. The van der Waals surface area contributed by atoms with Crippen LogP contribution in [0.2, 0.25) is 0 Å². The van der Waals surface area contributed by atoms with E-state index >= 15 is 0 Å². The molecule has 0 bridgehead atoms. The first-order valence-electron chi connectivity index (χ1n) is 25.2. The summed E-state index contributed by atoms with van der Waals surface area (Å²) in [6.45, 7) is 3.77. The summed E-state index contributed by atoms with van der Waals surface area (Å²) >= 11 is 0. The van der Waals surface area contributed by atoms with E-state index in [9.17, 15) is 19.0 Å². The van der Waals surface area contributed by atoms with Crippen molar-refractivity contribution in [2.45, 2.75) is 238 Å². The highest BCUT2D eigenvalue weighted by molar-refractivity contribution is 7.47. The van der Waals surface area contributed by atoms with E-state index in [2.05, 4.69) is 62.5 Å². The number of unbranched alkanes of at least 4 members (excludes halogenated alkanes) is 26. The van der Waals surface area contributed by atoms with Crippen LogP contribution in [0.25, 0.3) is 0 Å².